The van der Waals surface area contributed by atoms with Gasteiger partial charge in [-0.3, -0.25) is 4.98 Å². The first-order valence-electron chi connectivity index (χ1n) is 15.0. The monoisotopic (exact) mass is 558 g/mol. The molecule has 0 fully saturated rings. The Bertz CT molecular complexity index is 2480. The van der Waals surface area contributed by atoms with Crippen LogP contribution in [0.3, 0.4) is 0 Å². The molecule has 2 heteroatoms. The lowest BCUT2D eigenvalue weighted by Crippen LogP contribution is -1.95. The summed E-state index contributed by atoms with van der Waals surface area (Å²) in [4.78, 5) is 9.65. The highest BCUT2D eigenvalue weighted by atomic mass is 14.7. The number of benzene rings is 7. The van der Waals surface area contributed by atoms with Crippen LogP contribution in [0.2, 0.25) is 0 Å². The van der Waals surface area contributed by atoms with E-state index in [0.717, 1.165) is 16.8 Å². The molecule has 2 heterocycles. The van der Waals surface area contributed by atoms with Gasteiger partial charge in [0.25, 0.3) is 0 Å². The minimum atomic E-state index is 1.01. The third-order valence-corrected chi connectivity index (χ3v) is 8.92. The van der Waals surface area contributed by atoms with Crippen LogP contribution in [0.15, 0.2) is 158 Å². The number of para-hydroxylation sites is 1. The number of hydrogen-bond acceptors (Lipinski definition) is 2. The molecule has 0 aliphatic rings. The third-order valence-electron chi connectivity index (χ3n) is 8.92. The van der Waals surface area contributed by atoms with E-state index < -0.39 is 0 Å². The van der Waals surface area contributed by atoms with Crippen LogP contribution in [-0.2, 0) is 0 Å². The zero-order valence-electron chi connectivity index (χ0n) is 23.9. The minimum Gasteiger partial charge on any atom is -0.265 e. The Morgan fingerprint density at radius 3 is 1.68 bits per heavy atom. The number of fused-ring (bicyclic) bond motifs is 7. The molecule has 0 spiro atoms. The summed E-state index contributed by atoms with van der Waals surface area (Å²) >= 11 is 0. The molecule has 0 radical (unpaired) electrons. The molecule has 7 aromatic carbocycles. The van der Waals surface area contributed by atoms with Crippen LogP contribution < -0.4 is 0 Å². The lowest BCUT2D eigenvalue weighted by Gasteiger charge is -2.19. The molecule has 0 unspecified atom stereocenters. The average Bonchev–Trinajstić information content (AvgIpc) is 3.10. The number of rotatable bonds is 3. The van der Waals surface area contributed by atoms with E-state index in [4.69, 9.17) is 4.98 Å². The van der Waals surface area contributed by atoms with Crippen molar-refractivity contribution in [2.24, 2.45) is 0 Å². The molecule has 0 bridgehead atoms. The summed E-state index contributed by atoms with van der Waals surface area (Å²) in [5.74, 6) is 0. The third kappa shape index (κ3) is 3.75. The SMILES string of the molecule is c1cc(-c2ccncc2)cc(-c2c3ccccc3c(-c3nc4ccccc4c4c3ccc3ccccc34)c3ccccc23)c1. The smallest absolute Gasteiger partial charge is 0.0800 e. The second-order valence-electron chi connectivity index (χ2n) is 11.3. The molecule has 204 valence electrons. The van der Waals surface area contributed by atoms with Crippen LogP contribution in [-0.4, -0.2) is 9.97 Å². The summed E-state index contributed by atoms with van der Waals surface area (Å²) in [7, 11) is 0. The molecule has 9 rings (SSSR count). The summed E-state index contributed by atoms with van der Waals surface area (Å²) in [5.41, 5.74) is 7.98. The van der Waals surface area contributed by atoms with Crippen molar-refractivity contribution in [3.05, 3.63) is 158 Å². The minimum absolute atomic E-state index is 1.01. The van der Waals surface area contributed by atoms with Gasteiger partial charge in [-0.05, 0) is 78.8 Å². The van der Waals surface area contributed by atoms with Gasteiger partial charge >= 0.3 is 0 Å². The summed E-state index contributed by atoms with van der Waals surface area (Å²) < 4.78 is 0. The summed E-state index contributed by atoms with van der Waals surface area (Å²) in [6.07, 6.45) is 3.71. The molecule has 0 saturated carbocycles. The van der Waals surface area contributed by atoms with Crippen molar-refractivity contribution in [3.63, 3.8) is 0 Å². The number of nitrogens with zero attached hydrogens (tertiary/aromatic N) is 2. The highest BCUT2D eigenvalue weighted by Gasteiger charge is 2.20. The van der Waals surface area contributed by atoms with E-state index in [1.807, 2.05) is 12.4 Å². The number of aromatic nitrogens is 2. The van der Waals surface area contributed by atoms with Crippen LogP contribution in [0.1, 0.15) is 0 Å². The lowest BCUT2D eigenvalue weighted by molar-refractivity contribution is 1.33. The van der Waals surface area contributed by atoms with Crippen molar-refractivity contribution < 1.29 is 0 Å². The molecule has 0 amide bonds. The zero-order chi connectivity index (χ0) is 29.0. The van der Waals surface area contributed by atoms with Crippen LogP contribution >= 0.6 is 0 Å². The Morgan fingerprint density at radius 2 is 0.955 bits per heavy atom. The van der Waals surface area contributed by atoms with Crippen LogP contribution in [0.4, 0.5) is 0 Å². The maximum atomic E-state index is 5.43. The van der Waals surface area contributed by atoms with Crippen LogP contribution in [0, 0.1) is 0 Å². The average molecular weight is 559 g/mol. The first-order chi connectivity index (χ1) is 21.8. The highest BCUT2D eigenvalue weighted by Crippen LogP contribution is 2.46. The molecular weight excluding hydrogens is 532 g/mol. The van der Waals surface area contributed by atoms with Crippen molar-refractivity contribution in [1.82, 2.24) is 9.97 Å². The van der Waals surface area contributed by atoms with E-state index in [0.29, 0.717) is 0 Å². The Morgan fingerprint density at radius 1 is 0.364 bits per heavy atom. The molecule has 0 atom stereocenters. The Kier molecular flexibility index (Phi) is 5.54. The van der Waals surface area contributed by atoms with Gasteiger partial charge in [-0.2, -0.15) is 0 Å². The molecule has 2 nitrogen and oxygen atoms in total. The molecular formula is C42H26N2. The topological polar surface area (TPSA) is 25.8 Å². The Hall–Kier alpha value is -5.86. The van der Waals surface area contributed by atoms with E-state index in [1.165, 1.54) is 70.7 Å². The van der Waals surface area contributed by atoms with E-state index in [9.17, 15) is 0 Å². The second kappa shape index (κ2) is 9.86. The summed E-state index contributed by atoms with van der Waals surface area (Å²) in [6.45, 7) is 0. The Labute approximate surface area is 254 Å². The molecule has 0 aliphatic carbocycles. The van der Waals surface area contributed by atoms with Gasteiger partial charge in [0.05, 0.1) is 11.2 Å². The van der Waals surface area contributed by atoms with E-state index in [1.54, 1.807) is 0 Å². The maximum absolute atomic E-state index is 5.43. The van der Waals surface area contributed by atoms with Crippen LogP contribution in [0.5, 0.6) is 0 Å². The molecule has 44 heavy (non-hydrogen) atoms. The predicted molar refractivity (Wildman–Crippen MR) is 186 cm³/mol. The summed E-state index contributed by atoms with van der Waals surface area (Å²) in [6, 6.07) is 52.4. The molecule has 0 N–H and O–H groups in total. The van der Waals surface area contributed by atoms with E-state index >= 15 is 0 Å². The molecule has 9 aromatic rings. The molecule has 0 saturated heterocycles. The van der Waals surface area contributed by atoms with Crippen molar-refractivity contribution in [2.75, 3.05) is 0 Å². The molecule has 0 aliphatic heterocycles. The summed E-state index contributed by atoms with van der Waals surface area (Å²) in [5, 5.41) is 10.9. The fourth-order valence-electron chi connectivity index (χ4n) is 7.01. The predicted octanol–water partition coefficient (Wildman–Crippen LogP) is 11.2. The van der Waals surface area contributed by atoms with Crippen molar-refractivity contribution >= 4 is 54.0 Å². The van der Waals surface area contributed by atoms with Gasteiger partial charge in [-0.15, -0.1) is 0 Å². The van der Waals surface area contributed by atoms with E-state index in [2.05, 4.69) is 151 Å². The van der Waals surface area contributed by atoms with Gasteiger partial charge in [0.2, 0.25) is 0 Å². The first kappa shape index (κ1) is 24.7. The Balaban J connectivity index is 1.43. The van der Waals surface area contributed by atoms with E-state index in [-0.39, 0.29) is 0 Å². The van der Waals surface area contributed by atoms with Gasteiger partial charge in [0.15, 0.2) is 0 Å². The highest BCUT2D eigenvalue weighted by molar-refractivity contribution is 6.27. The van der Waals surface area contributed by atoms with Crippen molar-refractivity contribution in [1.29, 1.82) is 0 Å². The van der Waals surface area contributed by atoms with Gasteiger partial charge < -0.3 is 0 Å². The van der Waals surface area contributed by atoms with Gasteiger partial charge in [-0.25, -0.2) is 4.98 Å². The number of hydrogen-bond donors (Lipinski definition) is 0. The fourth-order valence-corrected chi connectivity index (χ4v) is 7.01. The van der Waals surface area contributed by atoms with Gasteiger partial charge in [-0.1, -0.05) is 121 Å². The van der Waals surface area contributed by atoms with Crippen molar-refractivity contribution in [2.45, 2.75) is 0 Å². The zero-order valence-corrected chi connectivity index (χ0v) is 23.9. The quantitative estimate of drug-likeness (QED) is 0.159. The standard InChI is InChI=1S/C42H26N2/c1-2-13-31-28(10-1)20-21-37-40(31)36-18-7-8-19-38(36)44-42(37)41-34-16-5-3-14-32(34)39(33-15-4-6-17-35(33)41)30-12-9-11-29(26-30)27-22-24-43-25-23-27/h1-26H. The largest absolute Gasteiger partial charge is 0.265 e. The maximum Gasteiger partial charge on any atom is 0.0800 e. The first-order valence-corrected chi connectivity index (χ1v) is 15.0. The lowest BCUT2D eigenvalue weighted by atomic mass is 9.85. The van der Waals surface area contributed by atoms with Crippen LogP contribution in [0.25, 0.3) is 87.5 Å². The normalized spacial score (nSPS) is 11.6. The fraction of sp³-hybridized carbons (Fsp3) is 0. The van der Waals surface area contributed by atoms with Gasteiger partial charge in [0, 0.05) is 34.1 Å². The second-order valence-corrected chi connectivity index (χ2v) is 11.3. The van der Waals surface area contributed by atoms with Crippen molar-refractivity contribution in [3.8, 4) is 33.5 Å². The number of pyridine rings is 2. The van der Waals surface area contributed by atoms with Gasteiger partial charge in [0.1, 0.15) is 0 Å². The molecule has 2 aromatic heterocycles.